The fourth-order valence-electron chi connectivity index (χ4n) is 1.69. The van der Waals surface area contributed by atoms with Crippen LogP contribution in [-0.4, -0.2) is 25.0 Å². The third-order valence-corrected chi connectivity index (χ3v) is 2.49. The number of nitrogens with two attached hydrogens (primary N) is 1. The molecule has 0 fully saturated rings. The van der Waals surface area contributed by atoms with Crippen molar-refractivity contribution in [3.63, 3.8) is 0 Å². The monoisotopic (exact) mass is 231 g/mol. The van der Waals surface area contributed by atoms with Gasteiger partial charge in [-0.05, 0) is 12.1 Å². The van der Waals surface area contributed by atoms with Crippen LogP contribution in [0.4, 0.5) is 5.69 Å². The molecule has 2 N–H and O–H groups in total. The molecule has 0 amide bonds. The van der Waals surface area contributed by atoms with Gasteiger partial charge < -0.3 is 9.74 Å². The first-order valence-electron chi connectivity index (χ1n) is 5.11. The van der Waals surface area contributed by atoms with Crippen LogP contribution in [0.25, 0.3) is 10.9 Å². The summed E-state index contributed by atoms with van der Waals surface area (Å²) in [5, 5.41) is 0.978. The van der Waals surface area contributed by atoms with Crippen molar-refractivity contribution in [1.82, 2.24) is 4.98 Å². The molecule has 0 unspecified atom stereocenters. The number of para-hydroxylation sites is 1. The Hall–Kier alpha value is -2.14. The van der Waals surface area contributed by atoms with Gasteiger partial charge >= 0.3 is 5.97 Å². The molecule has 2 rings (SSSR count). The van der Waals surface area contributed by atoms with Gasteiger partial charge in [0.25, 0.3) is 0 Å². The molecule has 0 aliphatic heterocycles. The van der Waals surface area contributed by atoms with Crippen molar-refractivity contribution in [2.75, 3.05) is 19.0 Å². The molecule has 17 heavy (non-hydrogen) atoms. The number of carbonyl (C=O) groups is 1. The normalized spacial score (nSPS) is 10.3. The smallest absolute Gasteiger partial charge is 0.375 e. The SMILES string of the molecule is CN(C)c1cc(C(=O)ON)nc2ccccc12. The van der Waals surface area contributed by atoms with Gasteiger partial charge in [0.15, 0.2) is 5.69 Å². The number of anilines is 1. The summed E-state index contributed by atoms with van der Waals surface area (Å²) in [5.74, 6) is 4.23. The first kappa shape index (κ1) is 11.3. The number of nitrogens with zero attached hydrogens (tertiary/aromatic N) is 2. The highest BCUT2D eigenvalue weighted by Gasteiger charge is 2.13. The molecule has 0 radical (unpaired) electrons. The zero-order valence-corrected chi connectivity index (χ0v) is 9.68. The molecule has 1 aromatic heterocycles. The minimum absolute atomic E-state index is 0.204. The molecular weight excluding hydrogens is 218 g/mol. The first-order chi connectivity index (χ1) is 8.13. The quantitative estimate of drug-likeness (QED) is 0.790. The van der Waals surface area contributed by atoms with Gasteiger partial charge in [0, 0.05) is 25.2 Å². The average Bonchev–Trinajstić information content (AvgIpc) is 2.36. The second-order valence-electron chi connectivity index (χ2n) is 3.84. The Kier molecular flexibility index (Phi) is 2.93. The van der Waals surface area contributed by atoms with Crippen molar-refractivity contribution < 1.29 is 9.63 Å². The molecule has 5 nitrogen and oxygen atoms in total. The number of carbonyl (C=O) groups excluding carboxylic acids is 1. The van der Waals surface area contributed by atoms with Gasteiger partial charge in [0.05, 0.1) is 5.52 Å². The van der Waals surface area contributed by atoms with Crippen molar-refractivity contribution >= 4 is 22.6 Å². The van der Waals surface area contributed by atoms with Gasteiger partial charge in [-0.2, -0.15) is 5.90 Å². The van der Waals surface area contributed by atoms with E-state index in [2.05, 4.69) is 9.82 Å². The highest BCUT2D eigenvalue weighted by molar-refractivity contribution is 5.97. The maximum absolute atomic E-state index is 11.4. The Morgan fingerprint density at radius 1 is 1.35 bits per heavy atom. The van der Waals surface area contributed by atoms with E-state index in [9.17, 15) is 4.79 Å². The summed E-state index contributed by atoms with van der Waals surface area (Å²) in [6.07, 6.45) is 0. The number of hydrogen-bond donors (Lipinski definition) is 1. The number of aromatic nitrogens is 1. The van der Waals surface area contributed by atoms with E-state index in [0.717, 1.165) is 16.6 Å². The molecule has 5 heteroatoms. The molecule has 88 valence electrons. The van der Waals surface area contributed by atoms with E-state index in [1.54, 1.807) is 6.07 Å². The first-order valence-corrected chi connectivity index (χ1v) is 5.11. The Labute approximate surface area is 98.8 Å². The van der Waals surface area contributed by atoms with E-state index < -0.39 is 5.97 Å². The van der Waals surface area contributed by atoms with E-state index in [1.807, 2.05) is 43.3 Å². The molecular formula is C12H13N3O2. The second kappa shape index (κ2) is 4.39. The average molecular weight is 231 g/mol. The van der Waals surface area contributed by atoms with E-state index in [4.69, 9.17) is 5.90 Å². The fraction of sp³-hybridized carbons (Fsp3) is 0.167. The largest absolute Gasteiger partial charge is 0.377 e. The van der Waals surface area contributed by atoms with Gasteiger partial charge in [-0.15, -0.1) is 0 Å². The van der Waals surface area contributed by atoms with Crippen LogP contribution in [-0.2, 0) is 4.84 Å². The summed E-state index contributed by atoms with van der Waals surface area (Å²) < 4.78 is 0. The minimum Gasteiger partial charge on any atom is -0.377 e. The topological polar surface area (TPSA) is 68.5 Å². The van der Waals surface area contributed by atoms with E-state index in [-0.39, 0.29) is 5.69 Å². The van der Waals surface area contributed by atoms with Crippen LogP contribution in [0.3, 0.4) is 0 Å². The highest BCUT2D eigenvalue weighted by atomic mass is 16.7. The van der Waals surface area contributed by atoms with Gasteiger partial charge in [0.1, 0.15) is 0 Å². The molecule has 1 heterocycles. The molecule has 0 bridgehead atoms. The Morgan fingerprint density at radius 2 is 2.06 bits per heavy atom. The molecule has 0 aliphatic carbocycles. The Morgan fingerprint density at radius 3 is 2.71 bits per heavy atom. The third-order valence-electron chi connectivity index (χ3n) is 2.49. The van der Waals surface area contributed by atoms with E-state index >= 15 is 0 Å². The number of benzene rings is 1. The van der Waals surface area contributed by atoms with Crippen LogP contribution < -0.4 is 10.8 Å². The maximum Gasteiger partial charge on any atom is 0.375 e. The van der Waals surface area contributed by atoms with Crippen molar-refractivity contribution in [1.29, 1.82) is 0 Å². The summed E-state index contributed by atoms with van der Waals surface area (Å²) in [5.41, 5.74) is 1.84. The van der Waals surface area contributed by atoms with Crippen molar-refractivity contribution in [3.8, 4) is 0 Å². The van der Waals surface area contributed by atoms with Gasteiger partial charge in [-0.1, -0.05) is 18.2 Å². The number of hydrogen-bond acceptors (Lipinski definition) is 5. The lowest BCUT2D eigenvalue weighted by Gasteiger charge is -2.16. The van der Waals surface area contributed by atoms with E-state index in [0.29, 0.717) is 0 Å². The van der Waals surface area contributed by atoms with Crippen LogP contribution >= 0.6 is 0 Å². The molecule has 0 atom stereocenters. The number of fused-ring (bicyclic) bond motifs is 1. The number of pyridine rings is 1. The van der Waals surface area contributed by atoms with Crippen LogP contribution in [0.15, 0.2) is 30.3 Å². The van der Waals surface area contributed by atoms with Crippen molar-refractivity contribution in [3.05, 3.63) is 36.0 Å². The lowest BCUT2D eigenvalue weighted by molar-refractivity contribution is 0.0497. The zero-order chi connectivity index (χ0) is 12.4. The summed E-state index contributed by atoms with van der Waals surface area (Å²) in [6.45, 7) is 0. The van der Waals surface area contributed by atoms with Gasteiger partial charge in [-0.25, -0.2) is 9.78 Å². The van der Waals surface area contributed by atoms with Crippen LogP contribution in [0.1, 0.15) is 10.5 Å². The van der Waals surface area contributed by atoms with Crippen molar-refractivity contribution in [2.45, 2.75) is 0 Å². The predicted molar refractivity (Wildman–Crippen MR) is 65.7 cm³/mol. The summed E-state index contributed by atoms with van der Waals surface area (Å²) in [7, 11) is 3.80. The molecule has 0 saturated heterocycles. The molecule has 1 aromatic carbocycles. The second-order valence-corrected chi connectivity index (χ2v) is 3.84. The Balaban J connectivity index is 2.71. The van der Waals surface area contributed by atoms with Crippen LogP contribution in [0.2, 0.25) is 0 Å². The van der Waals surface area contributed by atoms with Crippen LogP contribution in [0.5, 0.6) is 0 Å². The minimum atomic E-state index is -0.640. The van der Waals surface area contributed by atoms with Gasteiger partial charge in [0.2, 0.25) is 0 Å². The molecule has 0 spiro atoms. The van der Waals surface area contributed by atoms with Crippen LogP contribution in [0, 0.1) is 0 Å². The lowest BCUT2D eigenvalue weighted by atomic mass is 10.1. The fourth-order valence-corrected chi connectivity index (χ4v) is 1.69. The summed E-state index contributed by atoms with van der Waals surface area (Å²) in [4.78, 5) is 21.7. The maximum atomic E-state index is 11.4. The highest BCUT2D eigenvalue weighted by Crippen LogP contribution is 2.25. The zero-order valence-electron chi connectivity index (χ0n) is 9.68. The predicted octanol–water partition coefficient (Wildman–Crippen LogP) is 1.33. The summed E-state index contributed by atoms with van der Waals surface area (Å²) in [6, 6.07) is 9.26. The third kappa shape index (κ3) is 2.05. The van der Waals surface area contributed by atoms with Crippen molar-refractivity contribution in [2.24, 2.45) is 5.90 Å². The molecule has 0 saturated carbocycles. The lowest BCUT2D eigenvalue weighted by Crippen LogP contribution is -2.15. The molecule has 0 aliphatic rings. The summed E-state index contributed by atoms with van der Waals surface area (Å²) >= 11 is 0. The van der Waals surface area contributed by atoms with E-state index in [1.165, 1.54) is 0 Å². The molecule has 2 aromatic rings. The van der Waals surface area contributed by atoms with Gasteiger partial charge in [-0.3, -0.25) is 0 Å². The Bertz CT molecular complexity index is 567. The standard InChI is InChI=1S/C12H13N3O2/c1-15(2)11-7-10(12(16)17-13)14-9-6-4-3-5-8(9)11/h3-7H,13H2,1-2H3. The number of rotatable bonds is 2.